The minimum Gasteiger partial charge on any atom is -0.393 e. The Bertz CT molecular complexity index is 541. The summed E-state index contributed by atoms with van der Waals surface area (Å²) in [5.74, 6) is -0.0852. The van der Waals surface area contributed by atoms with Crippen LogP contribution in [0.3, 0.4) is 0 Å². The number of hydrogen-bond acceptors (Lipinski definition) is 5. The Labute approximate surface area is 172 Å². The molecule has 0 amide bonds. The first-order valence-corrected chi connectivity index (χ1v) is 10.9. The molecule has 0 aromatic carbocycles. The Morgan fingerprint density at radius 3 is 2.62 bits per heavy atom. The van der Waals surface area contributed by atoms with Gasteiger partial charge in [0, 0.05) is 6.42 Å². The van der Waals surface area contributed by atoms with Gasteiger partial charge in [-0.05, 0) is 62.9 Å². The van der Waals surface area contributed by atoms with Gasteiger partial charge in [0.25, 0.3) is 6.43 Å². The molecule has 29 heavy (non-hydrogen) atoms. The summed E-state index contributed by atoms with van der Waals surface area (Å²) >= 11 is 0. The summed E-state index contributed by atoms with van der Waals surface area (Å²) in [5.41, 5.74) is -1.92. The maximum absolute atomic E-state index is 13.3. The summed E-state index contributed by atoms with van der Waals surface area (Å²) in [6.45, 7) is 1.43. The van der Waals surface area contributed by atoms with Crippen molar-refractivity contribution in [2.75, 3.05) is 6.61 Å². The van der Waals surface area contributed by atoms with Crippen LogP contribution in [0.2, 0.25) is 0 Å². The second-order valence-electron chi connectivity index (χ2n) is 8.67. The summed E-state index contributed by atoms with van der Waals surface area (Å²) in [4.78, 5) is 11.1. The first kappa shape index (κ1) is 24.4. The lowest BCUT2D eigenvalue weighted by atomic mass is 9.83. The molecule has 1 saturated carbocycles. The van der Waals surface area contributed by atoms with E-state index in [4.69, 9.17) is 9.84 Å². The number of unbranched alkanes of at least 4 members (excludes halogenated alkanes) is 1. The number of carbonyl (C=O) groups is 1. The molecule has 0 spiro atoms. The highest BCUT2D eigenvalue weighted by molar-refractivity contribution is 5.90. The van der Waals surface area contributed by atoms with Gasteiger partial charge in [-0.15, -0.1) is 0 Å². The van der Waals surface area contributed by atoms with Crippen LogP contribution in [0.25, 0.3) is 0 Å². The minimum atomic E-state index is -2.75. The number of aliphatic hydroxyl groups excluding tert-OH is 2. The molecule has 2 fully saturated rings. The van der Waals surface area contributed by atoms with Gasteiger partial charge in [0.15, 0.2) is 5.78 Å². The Morgan fingerprint density at radius 2 is 1.97 bits per heavy atom. The number of rotatable bonds is 13. The highest BCUT2D eigenvalue weighted by Crippen LogP contribution is 2.46. The van der Waals surface area contributed by atoms with Crippen LogP contribution in [-0.2, 0) is 9.53 Å². The van der Waals surface area contributed by atoms with Crippen molar-refractivity contribution < 1.29 is 33.6 Å². The second-order valence-corrected chi connectivity index (χ2v) is 8.67. The third kappa shape index (κ3) is 6.81. The average molecular weight is 419 g/mol. The minimum absolute atomic E-state index is 0.00266. The fourth-order valence-corrected chi connectivity index (χ4v) is 4.85. The highest BCUT2D eigenvalue weighted by atomic mass is 19.3. The SMILES string of the molecule is CCCCC(O)(CCC[C@@H]1[C@H]2CC(CCC=CC(=O)CO)O[C@H]2C[C@H]1O)C(F)F. The van der Waals surface area contributed by atoms with Gasteiger partial charge >= 0.3 is 0 Å². The van der Waals surface area contributed by atoms with Crippen molar-refractivity contribution in [3.63, 3.8) is 0 Å². The molecule has 2 unspecified atom stereocenters. The molecule has 0 bridgehead atoms. The third-order valence-electron chi connectivity index (χ3n) is 6.53. The number of allylic oxidation sites excluding steroid dienone is 1. The topological polar surface area (TPSA) is 87.0 Å². The van der Waals surface area contributed by atoms with Gasteiger partial charge in [-0.25, -0.2) is 8.78 Å². The number of ketones is 1. The predicted octanol–water partition coefficient (Wildman–Crippen LogP) is 3.40. The first-order valence-electron chi connectivity index (χ1n) is 10.9. The van der Waals surface area contributed by atoms with Crippen molar-refractivity contribution in [1.29, 1.82) is 0 Å². The Kier molecular flexibility index (Phi) is 9.66. The average Bonchev–Trinajstić information content (AvgIpc) is 3.20. The van der Waals surface area contributed by atoms with Crippen molar-refractivity contribution in [1.82, 2.24) is 0 Å². The van der Waals surface area contributed by atoms with Crippen molar-refractivity contribution in [3.05, 3.63) is 12.2 Å². The van der Waals surface area contributed by atoms with E-state index < -0.39 is 24.7 Å². The molecule has 0 aromatic heterocycles. The maximum Gasteiger partial charge on any atom is 0.266 e. The van der Waals surface area contributed by atoms with E-state index in [-0.39, 0.29) is 42.7 Å². The van der Waals surface area contributed by atoms with Crippen molar-refractivity contribution in [2.45, 2.75) is 101 Å². The molecule has 5 nitrogen and oxygen atoms in total. The van der Waals surface area contributed by atoms with Crippen LogP contribution in [0.5, 0.6) is 0 Å². The summed E-state index contributed by atoms with van der Waals surface area (Å²) in [6, 6.07) is 0. The zero-order chi connectivity index (χ0) is 21.4. The zero-order valence-corrected chi connectivity index (χ0v) is 17.3. The Balaban J connectivity index is 1.80. The molecule has 7 heteroatoms. The van der Waals surface area contributed by atoms with Gasteiger partial charge in [-0.1, -0.05) is 25.8 Å². The van der Waals surface area contributed by atoms with E-state index in [0.29, 0.717) is 32.1 Å². The smallest absolute Gasteiger partial charge is 0.266 e. The molecule has 2 rings (SSSR count). The molecule has 6 atom stereocenters. The van der Waals surface area contributed by atoms with Gasteiger partial charge in [0.05, 0.1) is 18.3 Å². The molecule has 1 aliphatic heterocycles. The van der Waals surface area contributed by atoms with Crippen molar-refractivity contribution in [2.24, 2.45) is 11.8 Å². The van der Waals surface area contributed by atoms with E-state index in [2.05, 4.69) is 0 Å². The summed E-state index contributed by atoms with van der Waals surface area (Å²) in [5, 5.41) is 29.4. The third-order valence-corrected chi connectivity index (χ3v) is 6.53. The number of aliphatic hydroxyl groups is 3. The Morgan fingerprint density at radius 1 is 1.24 bits per heavy atom. The second kappa shape index (κ2) is 11.5. The van der Waals surface area contributed by atoms with E-state index in [0.717, 1.165) is 19.3 Å². The van der Waals surface area contributed by atoms with Gasteiger partial charge in [0.2, 0.25) is 0 Å². The maximum atomic E-state index is 13.3. The molecule has 0 aromatic rings. The predicted molar refractivity (Wildman–Crippen MR) is 106 cm³/mol. The molecule has 2 aliphatic rings. The first-order chi connectivity index (χ1) is 13.8. The molecule has 0 radical (unpaired) electrons. The standard InChI is InChI=1S/C22H36F2O5/c1-2-3-10-22(28,21(23)24)11-6-9-17-18-12-16(29-20(18)13-19(17)27)8-5-4-7-15(26)14-25/h4,7,16-21,25,27-28H,2-3,5-6,8-14H2,1H3/t16?,17-,18-,19-,20+,22?/m1/s1. The summed E-state index contributed by atoms with van der Waals surface area (Å²) in [7, 11) is 0. The number of alkyl halides is 2. The van der Waals surface area contributed by atoms with Crippen molar-refractivity contribution >= 4 is 5.78 Å². The monoisotopic (exact) mass is 418 g/mol. The van der Waals surface area contributed by atoms with Gasteiger partial charge in [-0.3, -0.25) is 4.79 Å². The van der Waals surface area contributed by atoms with E-state index in [1.54, 1.807) is 6.08 Å². The lowest BCUT2D eigenvalue weighted by Crippen LogP contribution is -2.37. The van der Waals surface area contributed by atoms with Gasteiger partial charge < -0.3 is 20.1 Å². The molecular formula is C22H36F2O5. The molecule has 1 saturated heterocycles. The van der Waals surface area contributed by atoms with Crippen LogP contribution in [0.15, 0.2) is 12.2 Å². The van der Waals surface area contributed by atoms with Crippen molar-refractivity contribution in [3.8, 4) is 0 Å². The molecule has 1 heterocycles. The van der Waals surface area contributed by atoms with E-state index in [9.17, 15) is 23.8 Å². The lowest BCUT2D eigenvalue weighted by Gasteiger charge is -2.28. The van der Waals surface area contributed by atoms with Crippen LogP contribution in [0.4, 0.5) is 8.78 Å². The number of carbonyl (C=O) groups excluding carboxylic acids is 1. The molecule has 168 valence electrons. The number of fused-ring (bicyclic) bond motifs is 1. The van der Waals surface area contributed by atoms with Crippen LogP contribution >= 0.6 is 0 Å². The normalized spacial score (nSPS) is 31.5. The fraction of sp³-hybridized carbons (Fsp3) is 0.864. The largest absolute Gasteiger partial charge is 0.393 e. The summed E-state index contributed by atoms with van der Waals surface area (Å²) in [6.07, 6.45) is 5.38. The highest BCUT2D eigenvalue weighted by Gasteiger charge is 2.48. The Hall–Kier alpha value is -0.890. The van der Waals surface area contributed by atoms with E-state index in [1.807, 2.05) is 6.92 Å². The lowest BCUT2D eigenvalue weighted by molar-refractivity contribution is -0.117. The van der Waals surface area contributed by atoms with E-state index in [1.165, 1.54) is 6.08 Å². The van der Waals surface area contributed by atoms with Crippen LogP contribution in [0.1, 0.15) is 71.1 Å². The van der Waals surface area contributed by atoms with Crippen LogP contribution < -0.4 is 0 Å². The zero-order valence-electron chi connectivity index (χ0n) is 17.3. The number of hydrogen-bond donors (Lipinski definition) is 3. The van der Waals surface area contributed by atoms with Crippen LogP contribution in [0, 0.1) is 11.8 Å². The van der Waals surface area contributed by atoms with Crippen LogP contribution in [-0.4, -0.2) is 58.0 Å². The number of halogens is 2. The quantitative estimate of drug-likeness (QED) is 0.399. The van der Waals surface area contributed by atoms with E-state index >= 15 is 0 Å². The molecular weight excluding hydrogens is 382 g/mol. The number of ether oxygens (including phenoxy) is 1. The summed E-state index contributed by atoms with van der Waals surface area (Å²) < 4.78 is 32.7. The van der Waals surface area contributed by atoms with Gasteiger partial charge in [-0.2, -0.15) is 0 Å². The van der Waals surface area contributed by atoms with Gasteiger partial charge in [0.1, 0.15) is 12.2 Å². The molecule has 3 N–H and O–H groups in total. The molecule has 1 aliphatic carbocycles. The fourth-order valence-electron chi connectivity index (χ4n) is 4.85.